The van der Waals surface area contributed by atoms with Crippen LogP contribution in [0.4, 0.5) is 14.5 Å². The number of rotatable bonds is 3. The first-order chi connectivity index (χ1) is 12.5. The van der Waals surface area contributed by atoms with Gasteiger partial charge in [-0.05, 0) is 66.8 Å². The molecule has 2 nitrogen and oxygen atoms in total. The van der Waals surface area contributed by atoms with Crippen molar-refractivity contribution in [1.82, 2.24) is 4.98 Å². The number of hydrogen-bond acceptors (Lipinski definition) is 3. The topological polar surface area (TPSA) is 24.9 Å². The zero-order valence-electron chi connectivity index (χ0n) is 13.7. The van der Waals surface area contributed by atoms with Gasteiger partial charge in [-0.3, -0.25) is 0 Å². The molecule has 0 atom stereocenters. The lowest BCUT2D eigenvalue weighted by Crippen LogP contribution is -1.93. The number of aromatic nitrogens is 1. The van der Waals surface area contributed by atoms with Crippen molar-refractivity contribution < 1.29 is 8.78 Å². The zero-order chi connectivity index (χ0) is 18.5. The molecule has 0 bridgehead atoms. The van der Waals surface area contributed by atoms with Crippen molar-refractivity contribution in [3.63, 3.8) is 0 Å². The van der Waals surface area contributed by atoms with Crippen LogP contribution in [0.25, 0.3) is 0 Å². The second-order valence-electron chi connectivity index (χ2n) is 5.39. The van der Waals surface area contributed by atoms with Gasteiger partial charge in [-0.15, -0.1) is 0 Å². The van der Waals surface area contributed by atoms with Crippen molar-refractivity contribution in [3.8, 4) is 11.8 Å². The first kappa shape index (κ1) is 18.2. The highest BCUT2D eigenvalue weighted by molar-refractivity contribution is 8.00. The summed E-state index contributed by atoms with van der Waals surface area (Å²) in [7, 11) is 0. The predicted octanol–water partition coefficient (Wildman–Crippen LogP) is 5.84. The van der Waals surface area contributed by atoms with Crippen LogP contribution in [0.1, 0.15) is 16.8 Å². The van der Waals surface area contributed by atoms with Crippen molar-refractivity contribution in [2.75, 3.05) is 4.72 Å². The van der Waals surface area contributed by atoms with E-state index in [9.17, 15) is 8.78 Å². The van der Waals surface area contributed by atoms with Crippen LogP contribution in [-0.2, 0) is 0 Å². The molecular weight excluding hydrogens is 374 g/mol. The van der Waals surface area contributed by atoms with E-state index in [4.69, 9.17) is 11.6 Å². The third kappa shape index (κ3) is 4.54. The van der Waals surface area contributed by atoms with E-state index in [2.05, 4.69) is 21.5 Å². The van der Waals surface area contributed by atoms with Crippen LogP contribution in [0.2, 0.25) is 5.15 Å². The average molecular weight is 387 g/mol. The van der Waals surface area contributed by atoms with Crippen LogP contribution in [0, 0.1) is 30.4 Å². The van der Waals surface area contributed by atoms with Gasteiger partial charge in [-0.25, -0.2) is 13.8 Å². The van der Waals surface area contributed by atoms with Gasteiger partial charge >= 0.3 is 0 Å². The molecule has 0 fully saturated rings. The molecule has 0 aliphatic heterocycles. The van der Waals surface area contributed by atoms with Gasteiger partial charge < -0.3 is 4.72 Å². The van der Waals surface area contributed by atoms with E-state index < -0.39 is 11.6 Å². The maximum atomic E-state index is 13.7. The van der Waals surface area contributed by atoms with E-state index >= 15 is 0 Å². The van der Waals surface area contributed by atoms with Gasteiger partial charge in [0.25, 0.3) is 0 Å². The van der Waals surface area contributed by atoms with Crippen LogP contribution in [-0.4, -0.2) is 4.98 Å². The molecular formula is C20H13ClF2N2S. The normalized spacial score (nSPS) is 10.2. The number of aryl methyl sites for hydroxylation is 1. The second-order valence-corrected chi connectivity index (χ2v) is 6.56. The fourth-order valence-corrected chi connectivity index (χ4v) is 2.89. The molecule has 2 aromatic carbocycles. The Bertz CT molecular complexity index is 992. The van der Waals surface area contributed by atoms with Crippen LogP contribution < -0.4 is 4.72 Å². The van der Waals surface area contributed by atoms with Crippen molar-refractivity contribution in [1.29, 1.82) is 0 Å². The Balaban J connectivity index is 1.75. The molecule has 6 heteroatoms. The third-order valence-electron chi connectivity index (χ3n) is 3.42. The first-order valence-electron chi connectivity index (χ1n) is 7.65. The number of nitrogens with zero attached hydrogens (tertiary/aromatic N) is 1. The summed E-state index contributed by atoms with van der Waals surface area (Å²) in [5.74, 6) is 4.73. The molecule has 26 heavy (non-hydrogen) atoms. The lowest BCUT2D eigenvalue weighted by Gasteiger charge is -2.07. The molecule has 1 heterocycles. The minimum absolute atomic E-state index is 0.0810. The van der Waals surface area contributed by atoms with Crippen LogP contribution >= 0.6 is 23.5 Å². The molecule has 0 aliphatic rings. The van der Waals surface area contributed by atoms with Crippen LogP contribution in [0.3, 0.4) is 0 Å². The van der Waals surface area contributed by atoms with E-state index in [0.29, 0.717) is 16.5 Å². The highest BCUT2D eigenvalue weighted by Crippen LogP contribution is 2.26. The summed E-state index contributed by atoms with van der Waals surface area (Å²) < 4.78 is 30.3. The molecule has 3 rings (SSSR count). The quantitative estimate of drug-likeness (QED) is 0.347. The molecule has 0 unspecified atom stereocenters. The number of nitrogens with one attached hydrogen (secondary N) is 1. The van der Waals surface area contributed by atoms with Gasteiger partial charge in [0.15, 0.2) is 0 Å². The molecule has 0 aliphatic carbocycles. The van der Waals surface area contributed by atoms with Crippen molar-refractivity contribution in [2.45, 2.75) is 11.8 Å². The number of hydrogen-bond donors (Lipinski definition) is 1. The Morgan fingerprint density at radius 3 is 2.46 bits per heavy atom. The second kappa shape index (κ2) is 8.22. The molecule has 0 saturated heterocycles. The van der Waals surface area contributed by atoms with E-state index in [-0.39, 0.29) is 4.90 Å². The number of pyridine rings is 1. The number of halogens is 3. The largest absolute Gasteiger partial charge is 0.325 e. The highest BCUT2D eigenvalue weighted by Gasteiger charge is 2.09. The van der Waals surface area contributed by atoms with E-state index in [0.717, 1.165) is 23.1 Å². The maximum absolute atomic E-state index is 13.7. The monoisotopic (exact) mass is 386 g/mol. The molecule has 1 N–H and O–H groups in total. The molecule has 0 radical (unpaired) electrons. The Kier molecular flexibility index (Phi) is 5.77. The maximum Gasteiger partial charge on any atom is 0.141 e. The standard InChI is InChI=1S/C20H13ClF2N2S/c1-13-8-10-15(24-20(13)21)11-9-14-4-2-5-16(12-14)25-26-19-17(22)6-3-7-18(19)23/h2-8,10,12,25H,1H3. The minimum atomic E-state index is -0.610. The van der Waals surface area contributed by atoms with Gasteiger partial charge in [-0.2, -0.15) is 0 Å². The van der Waals surface area contributed by atoms with E-state index in [1.165, 1.54) is 18.2 Å². The predicted molar refractivity (Wildman–Crippen MR) is 102 cm³/mol. The zero-order valence-corrected chi connectivity index (χ0v) is 15.3. The average Bonchev–Trinajstić information content (AvgIpc) is 2.63. The van der Waals surface area contributed by atoms with E-state index in [1.54, 1.807) is 24.3 Å². The van der Waals surface area contributed by atoms with Crippen molar-refractivity contribution in [3.05, 3.63) is 88.2 Å². The molecule has 0 saturated carbocycles. The lowest BCUT2D eigenvalue weighted by molar-refractivity contribution is 0.541. The number of anilines is 1. The Morgan fingerprint density at radius 1 is 1.00 bits per heavy atom. The van der Waals surface area contributed by atoms with Crippen LogP contribution in [0.5, 0.6) is 0 Å². The Hall–Kier alpha value is -2.55. The third-order valence-corrected chi connectivity index (χ3v) is 4.74. The summed E-state index contributed by atoms with van der Waals surface area (Å²) in [5.41, 5.74) is 2.88. The fraction of sp³-hybridized carbons (Fsp3) is 0.0500. The van der Waals surface area contributed by atoms with Crippen molar-refractivity contribution >= 4 is 29.2 Å². The molecule has 3 aromatic rings. The van der Waals surface area contributed by atoms with Crippen molar-refractivity contribution in [2.24, 2.45) is 0 Å². The van der Waals surface area contributed by atoms with Gasteiger partial charge in [0, 0.05) is 11.3 Å². The fourth-order valence-electron chi connectivity index (χ4n) is 2.06. The summed E-state index contributed by atoms with van der Waals surface area (Å²) in [6.07, 6.45) is 0. The van der Waals surface area contributed by atoms with Crippen LogP contribution in [0.15, 0.2) is 59.5 Å². The first-order valence-corrected chi connectivity index (χ1v) is 8.84. The van der Waals surface area contributed by atoms with Gasteiger partial charge in [0.05, 0.1) is 4.90 Å². The Morgan fingerprint density at radius 2 is 1.73 bits per heavy atom. The molecule has 0 amide bonds. The molecule has 0 spiro atoms. The SMILES string of the molecule is Cc1ccc(C#Cc2cccc(NSc3c(F)cccc3F)c2)nc1Cl. The van der Waals surface area contributed by atoms with Gasteiger partial charge in [0.2, 0.25) is 0 Å². The van der Waals surface area contributed by atoms with Gasteiger partial charge in [0.1, 0.15) is 22.5 Å². The number of benzene rings is 2. The lowest BCUT2D eigenvalue weighted by atomic mass is 10.2. The Labute approximate surface area is 159 Å². The van der Waals surface area contributed by atoms with Gasteiger partial charge in [-0.1, -0.05) is 35.7 Å². The minimum Gasteiger partial charge on any atom is -0.325 e. The summed E-state index contributed by atoms with van der Waals surface area (Å²) in [6, 6.07) is 14.6. The summed E-state index contributed by atoms with van der Waals surface area (Å²) in [4.78, 5) is 4.11. The summed E-state index contributed by atoms with van der Waals surface area (Å²) in [5, 5.41) is 0.426. The molecule has 130 valence electrons. The molecule has 1 aromatic heterocycles. The van der Waals surface area contributed by atoms with E-state index in [1.807, 2.05) is 19.1 Å². The summed E-state index contributed by atoms with van der Waals surface area (Å²) >= 11 is 6.87. The highest BCUT2D eigenvalue weighted by atomic mass is 35.5. The smallest absolute Gasteiger partial charge is 0.141 e. The summed E-state index contributed by atoms with van der Waals surface area (Å²) in [6.45, 7) is 1.87.